The molecule has 1 fully saturated rings. The van der Waals surface area contributed by atoms with Gasteiger partial charge in [0.05, 0.1) is 17.8 Å². The second-order valence-corrected chi connectivity index (χ2v) is 7.12. The molecule has 0 radical (unpaired) electrons. The molecule has 1 saturated heterocycles. The van der Waals surface area contributed by atoms with E-state index in [9.17, 15) is 9.59 Å². The van der Waals surface area contributed by atoms with Crippen molar-refractivity contribution in [2.24, 2.45) is 0 Å². The number of nitrogens with one attached hydrogen (secondary N) is 1. The molecule has 0 spiro atoms. The maximum absolute atomic E-state index is 12.5. The maximum atomic E-state index is 12.5. The van der Waals surface area contributed by atoms with Crippen LogP contribution >= 0.6 is 11.6 Å². The number of anilines is 2. The van der Waals surface area contributed by atoms with Gasteiger partial charge >= 0.3 is 0 Å². The summed E-state index contributed by atoms with van der Waals surface area (Å²) in [6, 6.07) is 11.0. The lowest BCUT2D eigenvalue weighted by atomic mass is 10.0. The Kier molecular flexibility index (Phi) is 6.31. The fourth-order valence-electron chi connectivity index (χ4n) is 3.09. The number of nitrogens with zero attached hydrogens (tertiary/aromatic N) is 3. The summed E-state index contributed by atoms with van der Waals surface area (Å²) in [5.41, 5.74) is 1.55. The SMILES string of the molecule is C=CC(=O)N1CCN(c2ccc(NC(=O)C(C)c3ccc(Cl)cc3)cn2)CC1. The van der Waals surface area contributed by atoms with Crippen LogP contribution in [0.25, 0.3) is 0 Å². The summed E-state index contributed by atoms with van der Waals surface area (Å²) in [5, 5.41) is 3.54. The maximum Gasteiger partial charge on any atom is 0.246 e. The van der Waals surface area contributed by atoms with Gasteiger partial charge in [-0.3, -0.25) is 9.59 Å². The number of carbonyl (C=O) groups is 2. The summed E-state index contributed by atoms with van der Waals surface area (Å²) in [6.07, 6.45) is 3.00. The lowest BCUT2D eigenvalue weighted by molar-refractivity contribution is -0.126. The van der Waals surface area contributed by atoms with Crippen molar-refractivity contribution in [3.63, 3.8) is 0 Å². The van der Waals surface area contributed by atoms with Gasteiger partial charge in [-0.2, -0.15) is 0 Å². The van der Waals surface area contributed by atoms with E-state index in [4.69, 9.17) is 11.6 Å². The predicted molar refractivity (Wildman–Crippen MR) is 112 cm³/mol. The van der Waals surface area contributed by atoms with Gasteiger partial charge in [0, 0.05) is 31.2 Å². The molecule has 28 heavy (non-hydrogen) atoms. The van der Waals surface area contributed by atoms with Crippen LogP contribution in [0.3, 0.4) is 0 Å². The van der Waals surface area contributed by atoms with Crippen molar-refractivity contribution in [2.45, 2.75) is 12.8 Å². The van der Waals surface area contributed by atoms with Crippen LogP contribution in [0.15, 0.2) is 55.3 Å². The number of carbonyl (C=O) groups excluding carboxylic acids is 2. The minimum Gasteiger partial charge on any atom is -0.353 e. The second kappa shape index (κ2) is 8.89. The first kappa shape index (κ1) is 19.9. The molecule has 0 saturated carbocycles. The Bertz CT molecular complexity index is 844. The smallest absolute Gasteiger partial charge is 0.246 e. The minimum absolute atomic E-state index is 0.0412. The fraction of sp³-hybridized carbons (Fsp3) is 0.286. The molecular formula is C21H23ClN4O2. The fourth-order valence-corrected chi connectivity index (χ4v) is 3.21. The molecule has 1 aliphatic heterocycles. The molecule has 1 atom stereocenters. The number of piperazine rings is 1. The zero-order valence-corrected chi connectivity index (χ0v) is 16.5. The van der Waals surface area contributed by atoms with E-state index in [1.54, 1.807) is 23.2 Å². The van der Waals surface area contributed by atoms with E-state index in [0.717, 1.165) is 11.4 Å². The van der Waals surface area contributed by atoms with Gasteiger partial charge in [0.2, 0.25) is 11.8 Å². The van der Waals surface area contributed by atoms with E-state index in [0.29, 0.717) is 36.9 Å². The third kappa shape index (κ3) is 4.70. The number of amides is 2. The van der Waals surface area contributed by atoms with E-state index in [-0.39, 0.29) is 17.7 Å². The average Bonchev–Trinajstić information content (AvgIpc) is 2.74. The van der Waals surface area contributed by atoms with Gasteiger partial charge in [-0.1, -0.05) is 30.3 Å². The van der Waals surface area contributed by atoms with Crippen LogP contribution in [0.4, 0.5) is 11.5 Å². The summed E-state index contributed by atoms with van der Waals surface area (Å²) in [7, 11) is 0. The van der Waals surface area contributed by atoms with Crippen LogP contribution in [0.1, 0.15) is 18.4 Å². The molecule has 1 unspecified atom stereocenters. The van der Waals surface area contributed by atoms with Crippen molar-refractivity contribution >= 4 is 34.9 Å². The van der Waals surface area contributed by atoms with Crippen LogP contribution in [0, 0.1) is 0 Å². The van der Waals surface area contributed by atoms with Crippen molar-refractivity contribution in [1.82, 2.24) is 9.88 Å². The molecule has 2 amide bonds. The molecule has 0 bridgehead atoms. The van der Waals surface area contributed by atoms with Crippen molar-refractivity contribution in [3.05, 3.63) is 65.8 Å². The van der Waals surface area contributed by atoms with Crippen LogP contribution in [0.5, 0.6) is 0 Å². The molecule has 1 aliphatic rings. The average molecular weight is 399 g/mol. The summed E-state index contributed by atoms with van der Waals surface area (Å²) >= 11 is 5.90. The summed E-state index contributed by atoms with van der Waals surface area (Å²) < 4.78 is 0. The Hall–Kier alpha value is -2.86. The first-order chi connectivity index (χ1) is 13.5. The third-order valence-corrected chi connectivity index (χ3v) is 5.12. The monoisotopic (exact) mass is 398 g/mol. The second-order valence-electron chi connectivity index (χ2n) is 6.68. The number of aromatic nitrogens is 1. The van der Waals surface area contributed by atoms with Gasteiger partial charge in [0.25, 0.3) is 0 Å². The summed E-state index contributed by atoms with van der Waals surface area (Å²) in [4.78, 5) is 32.5. The quantitative estimate of drug-likeness (QED) is 0.785. The van der Waals surface area contributed by atoms with Gasteiger partial charge in [0.15, 0.2) is 0 Å². The number of pyridine rings is 1. The lowest BCUT2D eigenvalue weighted by Gasteiger charge is -2.34. The van der Waals surface area contributed by atoms with E-state index in [1.165, 1.54) is 6.08 Å². The topological polar surface area (TPSA) is 65.5 Å². The van der Waals surface area contributed by atoms with Crippen LogP contribution in [0.2, 0.25) is 5.02 Å². The van der Waals surface area contributed by atoms with Crippen molar-refractivity contribution in [1.29, 1.82) is 0 Å². The highest BCUT2D eigenvalue weighted by molar-refractivity contribution is 6.30. The Morgan fingerprint density at radius 2 is 1.82 bits per heavy atom. The van der Waals surface area contributed by atoms with Gasteiger partial charge in [0.1, 0.15) is 5.82 Å². The van der Waals surface area contributed by atoms with Crippen LogP contribution in [-0.4, -0.2) is 47.9 Å². The first-order valence-electron chi connectivity index (χ1n) is 9.16. The van der Waals surface area contributed by atoms with Crippen molar-refractivity contribution in [2.75, 3.05) is 36.4 Å². The molecule has 1 aromatic carbocycles. The molecule has 146 valence electrons. The highest BCUT2D eigenvalue weighted by Gasteiger charge is 2.20. The van der Waals surface area contributed by atoms with Gasteiger partial charge in [-0.05, 0) is 42.8 Å². The largest absolute Gasteiger partial charge is 0.353 e. The van der Waals surface area contributed by atoms with E-state index < -0.39 is 0 Å². The normalized spacial score (nSPS) is 15.1. The molecular weight excluding hydrogens is 376 g/mol. The summed E-state index contributed by atoms with van der Waals surface area (Å²) in [5.74, 6) is 0.385. The minimum atomic E-state index is -0.299. The van der Waals surface area contributed by atoms with E-state index in [2.05, 4.69) is 21.8 Å². The Morgan fingerprint density at radius 1 is 1.14 bits per heavy atom. The highest BCUT2D eigenvalue weighted by Crippen LogP contribution is 2.21. The van der Waals surface area contributed by atoms with Crippen molar-refractivity contribution in [3.8, 4) is 0 Å². The number of benzene rings is 1. The molecule has 2 heterocycles. The van der Waals surface area contributed by atoms with E-state index in [1.807, 2.05) is 31.2 Å². The first-order valence-corrected chi connectivity index (χ1v) is 9.54. The van der Waals surface area contributed by atoms with Gasteiger partial charge < -0.3 is 15.1 Å². The van der Waals surface area contributed by atoms with Crippen molar-refractivity contribution < 1.29 is 9.59 Å². The molecule has 3 rings (SSSR count). The zero-order valence-electron chi connectivity index (χ0n) is 15.8. The lowest BCUT2D eigenvalue weighted by Crippen LogP contribution is -2.48. The zero-order chi connectivity index (χ0) is 20.1. The number of rotatable bonds is 5. The highest BCUT2D eigenvalue weighted by atomic mass is 35.5. The Labute approximate surface area is 169 Å². The number of hydrogen-bond acceptors (Lipinski definition) is 4. The summed E-state index contributed by atoms with van der Waals surface area (Å²) in [6.45, 7) is 8.09. The third-order valence-electron chi connectivity index (χ3n) is 4.87. The molecule has 1 aromatic heterocycles. The predicted octanol–water partition coefficient (Wildman–Crippen LogP) is 3.31. The molecule has 7 heteroatoms. The number of hydrogen-bond donors (Lipinski definition) is 1. The van der Waals surface area contributed by atoms with Gasteiger partial charge in [-0.15, -0.1) is 0 Å². The van der Waals surface area contributed by atoms with Crippen LogP contribution in [-0.2, 0) is 9.59 Å². The van der Waals surface area contributed by atoms with Crippen LogP contribution < -0.4 is 10.2 Å². The molecule has 2 aromatic rings. The molecule has 6 nitrogen and oxygen atoms in total. The van der Waals surface area contributed by atoms with E-state index >= 15 is 0 Å². The van der Waals surface area contributed by atoms with Gasteiger partial charge in [-0.25, -0.2) is 4.98 Å². The molecule has 1 N–H and O–H groups in total. The Morgan fingerprint density at radius 3 is 2.39 bits per heavy atom. The molecule has 0 aliphatic carbocycles. The Balaban J connectivity index is 1.57. The standard InChI is InChI=1S/C21H23ClN4O2/c1-3-20(27)26-12-10-25(11-13-26)19-9-8-18(14-23-19)24-21(28)15(2)16-4-6-17(22)7-5-16/h3-9,14-15H,1,10-13H2,2H3,(H,24,28). The number of halogens is 1.